The van der Waals surface area contributed by atoms with Gasteiger partial charge in [-0.25, -0.2) is 9.79 Å². The largest absolute Gasteiger partial charge is 0.444 e. The summed E-state index contributed by atoms with van der Waals surface area (Å²) in [6.07, 6.45) is 3.61. The minimum Gasteiger partial charge on any atom is -0.444 e. The van der Waals surface area contributed by atoms with Gasteiger partial charge < -0.3 is 14.5 Å². The van der Waals surface area contributed by atoms with Crippen LogP contribution in [-0.4, -0.2) is 65.9 Å². The molecule has 1 aliphatic carbocycles. The summed E-state index contributed by atoms with van der Waals surface area (Å²) < 4.78 is 5.58. The molecule has 0 radical (unpaired) electrons. The summed E-state index contributed by atoms with van der Waals surface area (Å²) in [5.41, 5.74) is 1.42. The van der Waals surface area contributed by atoms with Crippen molar-refractivity contribution in [3.8, 4) is 0 Å². The SMILES string of the molecule is Cc1nc2c(cc1Cl)[C@H](C(C)(C)C(=O)N=CN(C)C)CC21CCN(C(=O)OC(C)(C)C)CC1. The molecule has 2 heterocycles. The fourth-order valence-corrected chi connectivity index (χ4v) is 5.05. The van der Waals surface area contributed by atoms with Gasteiger partial charge in [-0.1, -0.05) is 25.4 Å². The lowest BCUT2D eigenvalue weighted by molar-refractivity contribution is -0.127. The molecule has 2 aliphatic rings. The van der Waals surface area contributed by atoms with Crippen molar-refractivity contribution < 1.29 is 14.3 Å². The molecule has 1 aromatic heterocycles. The first kappa shape index (κ1) is 25.5. The lowest BCUT2D eigenvalue weighted by Crippen LogP contribution is -2.46. The number of halogens is 1. The Morgan fingerprint density at radius 3 is 2.39 bits per heavy atom. The first-order valence-corrected chi connectivity index (χ1v) is 11.9. The van der Waals surface area contributed by atoms with Gasteiger partial charge in [-0.3, -0.25) is 9.78 Å². The Hall–Kier alpha value is -2.15. The average Bonchev–Trinajstić information content (AvgIpc) is 2.99. The molecule has 2 amide bonds. The third kappa shape index (κ3) is 5.18. The van der Waals surface area contributed by atoms with E-state index in [1.165, 1.54) is 0 Å². The minimum atomic E-state index is -0.715. The van der Waals surface area contributed by atoms with Crippen molar-refractivity contribution in [3.05, 3.63) is 28.0 Å². The topological polar surface area (TPSA) is 75.1 Å². The highest BCUT2D eigenvalue weighted by molar-refractivity contribution is 6.31. The highest BCUT2D eigenvalue weighted by atomic mass is 35.5. The number of pyridine rings is 1. The van der Waals surface area contributed by atoms with Crippen LogP contribution in [0.3, 0.4) is 0 Å². The van der Waals surface area contributed by atoms with E-state index in [-0.39, 0.29) is 23.3 Å². The summed E-state index contributed by atoms with van der Waals surface area (Å²) in [7, 11) is 3.68. The second-order valence-electron chi connectivity index (χ2n) is 11.2. The maximum atomic E-state index is 13.1. The fourth-order valence-electron chi connectivity index (χ4n) is 4.89. The molecule has 1 fully saturated rings. The zero-order valence-corrected chi connectivity index (χ0v) is 21.9. The third-order valence-electron chi connectivity index (χ3n) is 6.85. The molecular weight excluding hydrogens is 440 g/mol. The van der Waals surface area contributed by atoms with E-state index in [0.717, 1.165) is 36.2 Å². The van der Waals surface area contributed by atoms with E-state index in [2.05, 4.69) is 4.99 Å². The molecule has 1 atom stereocenters. The monoisotopic (exact) mass is 476 g/mol. The molecule has 1 saturated heterocycles. The van der Waals surface area contributed by atoms with Crippen LogP contribution in [0.15, 0.2) is 11.1 Å². The summed E-state index contributed by atoms with van der Waals surface area (Å²) in [6.45, 7) is 12.7. The van der Waals surface area contributed by atoms with Crippen molar-refractivity contribution in [2.75, 3.05) is 27.2 Å². The highest BCUT2D eigenvalue weighted by Crippen LogP contribution is 2.57. The average molecular weight is 477 g/mol. The molecule has 0 saturated carbocycles. The molecule has 7 nitrogen and oxygen atoms in total. The van der Waals surface area contributed by atoms with Crippen molar-refractivity contribution >= 4 is 29.9 Å². The van der Waals surface area contributed by atoms with Gasteiger partial charge in [-0.15, -0.1) is 0 Å². The zero-order valence-electron chi connectivity index (χ0n) is 21.2. The van der Waals surface area contributed by atoms with Crippen LogP contribution in [0.25, 0.3) is 0 Å². The summed E-state index contributed by atoms with van der Waals surface area (Å²) in [6, 6.07) is 1.99. The van der Waals surface area contributed by atoms with Crippen LogP contribution in [0.4, 0.5) is 4.79 Å². The molecule has 182 valence electrons. The smallest absolute Gasteiger partial charge is 0.410 e. The lowest BCUT2D eigenvalue weighted by Gasteiger charge is -2.40. The second-order valence-corrected chi connectivity index (χ2v) is 11.6. The van der Waals surface area contributed by atoms with Gasteiger partial charge in [0.1, 0.15) is 5.60 Å². The molecular formula is C25H37ClN4O3. The Balaban J connectivity index is 1.92. The number of likely N-dealkylation sites (tertiary alicyclic amines) is 1. The van der Waals surface area contributed by atoms with Crippen LogP contribution >= 0.6 is 11.6 Å². The number of fused-ring (bicyclic) bond motifs is 2. The number of rotatable bonds is 3. The maximum Gasteiger partial charge on any atom is 0.410 e. The lowest BCUT2D eigenvalue weighted by atomic mass is 9.70. The van der Waals surface area contributed by atoms with Crippen LogP contribution in [0.2, 0.25) is 5.02 Å². The van der Waals surface area contributed by atoms with E-state index < -0.39 is 11.0 Å². The Morgan fingerprint density at radius 2 is 1.85 bits per heavy atom. The first-order chi connectivity index (χ1) is 15.2. The van der Waals surface area contributed by atoms with Crippen LogP contribution in [0, 0.1) is 12.3 Å². The molecule has 0 unspecified atom stereocenters. The van der Waals surface area contributed by atoms with Gasteiger partial charge in [0.25, 0.3) is 5.91 Å². The van der Waals surface area contributed by atoms with Crippen LogP contribution < -0.4 is 0 Å². The number of nitrogens with zero attached hydrogens (tertiary/aromatic N) is 4. The van der Waals surface area contributed by atoms with Crippen LogP contribution in [0.5, 0.6) is 0 Å². The molecule has 1 aromatic rings. The first-order valence-electron chi connectivity index (χ1n) is 11.6. The number of ether oxygens (including phenoxy) is 1. The van der Waals surface area contributed by atoms with Crippen molar-refractivity contribution in [2.24, 2.45) is 10.4 Å². The molecule has 0 bridgehead atoms. The van der Waals surface area contributed by atoms with Crippen molar-refractivity contribution in [3.63, 3.8) is 0 Å². The number of piperidine rings is 1. The number of hydrogen-bond acceptors (Lipinski definition) is 4. The number of aryl methyl sites for hydroxylation is 1. The van der Waals surface area contributed by atoms with Crippen LogP contribution in [0.1, 0.15) is 76.8 Å². The van der Waals surface area contributed by atoms with E-state index >= 15 is 0 Å². The normalized spacial score (nSPS) is 20.3. The van der Waals surface area contributed by atoms with Gasteiger partial charge >= 0.3 is 6.09 Å². The van der Waals surface area contributed by atoms with Gasteiger partial charge in [0, 0.05) is 38.5 Å². The molecule has 3 rings (SSSR count). The Morgan fingerprint density at radius 1 is 1.24 bits per heavy atom. The molecule has 33 heavy (non-hydrogen) atoms. The number of carbonyl (C=O) groups is 2. The Kier molecular flexibility index (Phi) is 6.87. The van der Waals surface area contributed by atoms with E-state index in [0.29, 0.717) is 18.1 Å². The van der Waals surface area contributed by atoms with Gasteiger partial charge in [0.05, 0.1) is 28.2 Å². The van der Waals surface area contributed by atoms with Gasteiger partial charge in [0.2, 0.25) is 0 Å². The highest BCUT2D eigenvalue weighted by Gasteiger charge is 2.53. The summed E-state index contributed by atoms with van der Waals surface area (Å²) >= 11 is 6.49. The second kappa shape index (κ2) is 8.90. The number of aromatic nitrogens is 1. The standard InChI is InChI=1S/C25H37ClN4O3/c1-16-19(26)13-17-18(24(5,6)21(31)27-15-29(7)8)14-25(20(17)28-16)9-11-30(12-10-25)22(32)33-23(2,3)4/h13,15,18H,9-12,14H2,1-8H3/t18-/m1/s1. The number of aliphatic imine (C=N–C) groups is 1. The zero-order chi connectivity index (χ0) is 24.8. The van der Waals surface area contributed by atoms with E-state index in [1.807, 2.05) is 61.7 Å². The predicted octanol–water partition coefficient (Wildman–Crippen LogP) is 4.94. The van der Waals surface area contributed by atoms with Gasteiger partial charge in [0.15, 0.2) is 0 Å². The number of amides is 2. The van der Waals surface area contributed by atoms with Crippen molar-refractivity contribution in [1.82, 2.24) is 14.8 Å². The van der Waals surface area contributed by atoms with Gasteiger partial charge in [-0.2, -0.15) is 0 Å². The van der Waals surface area contributed by atoms with E-state index in [1.54, 1.807) is 16.1 Å². The molecule has 8 heteroatoms. The number of carbonyl (C=O) groups excluding carboxylic acids is 2. The quantitative estimate of drug-likeness (QED) is 0.456. The number of hydrogen-bond donors (Lipinski definition) is 0. The summed E-state index contributed by atoms with van der Waals surface area (Å²) in [5.74, 6) is -0.218. The minimum absolute atomic E-state index is 0.0574. The molecule has 1 spiro atoms. The maximum absolute atomic E-state index is 13.1. The van der Waals surface area contributed by atoms with Gasteiger partial charge in [-0.05, 0) is 58.6 Å². The molecule has 1 aliphatic heterocycles. The third-order valence-corrected chi connectivity index (χ3v) is 7.24. The molecule has 0 aromatic carbocycles. The van der Waals surface area contributed by atoms with E-state index in [4.69, 9.17) is 21.3 Å². The Bertz CT molecular complexity index is 957. The van der Waals surface area contributed by atoms with Crippen molar-refractivity contribution in [2.45, 2.75) is 77.7 Å². The fraction of sp³-hybridized carbons (Fsp3) is 0.680. The summed E-state index contributed by atoms with van der Waals surface area (Å²) in [5, 5.41) is 0.613. The summed E-state index contributed by atoms with van der Waals surface area (Å²) in [4.78, 5) is 38.4. The predicted molar refractivity (Wildman–Crippen MR) is 131 cm³/mol. The Labute approximate surface area is 202 Å². The van der Waals surface area contributed by atoms with E-state index in [9.17, 15) is 9.59 Å². The van der Waals surface area contributed by atoms with Crippen molar-refractivity contribution in [1.29, 1.82) is 0 Å². The van der Waals surface area contributed by atoms with Crippen LogP contribution in [-0.2, 0) is 14.9 Å². The molecule has 0 N–H and O–H groups in total.